The van der Waals surface area contributed by atoms with Gasteiger partial charge in [-0.1, -0.05) is 36.1 Å². The van der Waals surface area contributed by atoms with Gasteiger partial charge in [0.25, 0.3) is 0 Å². The van der Waals surface area contributed by atoms with Gasteiger partial charge in [0.05, 0.1) is 37.6 Å². The van der Waals surface area contributed by atoms with Crippen LogP contribution in [0.5, 0.6) is 11.5 Å². The van der Waals surface area contributed by atoms with Crippen molar-refractivity contribution in [2.45, 2.75) is 80.6 Å². The molecule has 0 saturated carbocycles. The third-order valence-corrected chi connectivity index (χ3v) is 12.3. The van der Waals surface area contributed by atoms with Gasteiger partial charge in [0.2, 0.25) is 12.2 Å². The van der Waals surface area contributed by atoms with Crippen molar-refractivity contribution >= 4 is 47.0 Å². The summed E-state index contributed by atoms with van der Waals surface area (Å²) in [6.45, 7) is -1.63. The van der Waals surface area contributed by atoms with Crippen molar-refractivity contribution in [3.63, 3.8) is 0 Å². The number of ether oxygens (including phenoxy) is 4. The van der Waals surface area contributed by atoms with Crippen molar-refractivity contribution in [2.75, 3.05) is 31.4 Å². The van der Waals surface area contributed by atoms with Crippen LogP contribution in [0, 0.1) is 17.8 Å². The highest BCUT2D eigenvalue weighted by atomic mass is 16.7. The second-order valence-electron chi connectivity index (χ2n) is 16.3. The minimum absolute atomic E-state index is 0.0229. The minimum Gasteiger partial charge on any atom is -0.486 e. The van der Waals surface area contributed by atoms with Gasteiger partial charge in [0.15, 0.2) is 40.2 Å². The molecule has 9 atom stereocenters. The number of guanidine groups is 1. The number of aliphatic hydroxyl groups is 6. The van der Waals surface area contributed by atoms with Gasteiger partial charge in [-0.05, 0) is 54.2 Å². The monoisotopic (exact) mass is 877 g/mol. The lowest BCUT2D eigenvalue weighted by Crippen LogP contribution is -2.67. The molecule has 64 heavy (non-hydrogen) atoms. The van der Waals surface area contributed by atoms with Crippen molar-refractivity contribution in [3.8, 4) is 23.3 Å². The Kier molecular flexibility index (Phi) is 11.5. The summed E-state index contributed by atoms with van der Waals surface area (Å²) in [5, 5.41) is 67.4. The molecule has 332 valence electrons. The number of rotatable bonds is 8. The van der Waals surface area contributed by atoms with Crippen molar-refractivity contribution in [1.82, 2.24) is 0 Å². The van der Waals surface area contributed by atoms with E-state index < -0.39 is 84.9 Å². The Morgan fingerprint density at radius 1 is 1.00 bits per heavy atom. The number of anilines is 1. The number of fused-ring (bicyclic) bond motifs is 8. The molecule has 19 nitrogen and oxygen atoms in total. The van der Waals surface area contributed by atoms with Gasteiger partial charge in [0, 0.05) is 46.7 Å². The maximum absolute atomic E-state index is 14.8. The third-order valence-electron chi connectivity index (χ3n) is 12.3. The van der Waals surface area contributed by atoms with Crippen LogP contribution in [0.15, 0.2) is 63.5 Å². The van der Waals surface area contributed by atoms with Crippen LogP contribution in [0.2, 0.25) is 0 Å². The Morgan fingerprint density at radius 2 is 1.81 bits per heavy atom. The van der Waals surface area contributed by atoms with E-state index in [2.05, 4.69) is 26.8 Å². The predicted molar refractivity (Wildman–Crippen MR) is 223 cm³/mol. The fourth-order valence-electron chi connectivity index (χ4n) is 9.08. The van der Waals surface area contributed by atoms with Crippen LogP contribution >= 0.6 is 0 Å². The van der Waals surface area contributed by atoms with Crippen LogP contribution in [-0.2, 0) is 25.7 Å². The van der Waals surface area contributed by atoms with Gasteiger partial charge in [-0.25, -0.2) is 0 Å². The molecular weight excluding hydrogens is 835 g/mol. The average molecular weight is 878 g/mol. The normalized spacial score (nSPS) is 28.9. The quantitative estimate of drug-likeness (QED) is 0.0879. The highest BCUT2D eigenvalue weighted by Crippen LogP contribution is 2.52. The molecule has 5 heterocycles. The molecule has 6 aliphatic rings. The first-order valence-electron chi connectivity index (χ1n) is 20.7. The van der Waals surface area contributed by atoms with E-state index in [9.17, 15) is 49.8 Å². The topological polar surface area (TPSA) is 293 Å². The second-order valence-corrected chi connectivity index (χ2v) is 16.3. The Morgan fingerprint density at radius 3 is 2.61 bits per heavy atom. The van der Waals surface area contributed by atoms with Crippen LogP contribution in [0.1, 0.15) is 80.1 Å². The first-order valence-corrected chi connectivity index (χ1v) is 20.7. The summed E-state index contributed by atoms with van der Waals surface area (Å²) < 4.78 is 25.5. The number of aliphatic imine (C=N–C) groups is 3. The summed E-state index contributed by atoms with van der Waals surface area (Å²) >= 11 is 0. The van der Waals surface area contributed by atoms with E-state index in [4.69, 9.17) is 24.7 Å². The molecule has 5 aliphatic heterocycles. The summed E-state index contributed by atoms with van der Waals surface area (Å²) in [7, 11) is 0. The Hall–Kier alpha value is -6.21. The van der Waals surface area contributed by atoms with Crippen LogP contribution in [0.25, 0.3) is 0 Å². The average Bonchev–Trinajstić information content (AvgIpc) is 3.70. The van der Waals surface area contributed by atoms with Gasteiger partial charge in [0.1, 0.15) is 37.9 Å². The number of hydrogen-bond donors (Lipinski definition) is 7. The van der Waals surface area contributed by atoms with Crippen LogP contribution < -0.4 is 20.1 Å². The zero-order valence-corrected chi connectivity index (χ0v) is 34.0. The molecule has 1 saturated heterocycles. The van der Waals surface area contributed by atoms with Crippen molar-refractivity contribution in [2.24, 2.45) is 26.6 Å². The number of ketones is 2. The number of aldehydes is 1. The van der Waals surface area contributed by atoms with Gasteiger partial charge in [-0.3, -0.25) is 19.4 Å². The molecule has 0 radical (unpaired) electrons. The largest absolute Gasteiger partial charge is 0.486 e. The Bertz CT molecular complexity index is 2620. The lowest BCUT2D eigenvalue weighted by molar-refractivity contribution is -0.299. The first-order chi connectivity index (χ1) is 30.8. The zero-order chi connectivity index (χ0) is 45.0. The first kappa shape index (κ1) is 43.1. The summed E-state index contributed by atoms with van der Waals surface area (Å²) in [5.41, 5.74) is 4.47. The van der Waals surface area contributed by atoms with E-state index in [-0.39, 0.29) is 102 Å². The summed E-state index contributed by atoms with van der Waals surface area (Å²) in [6, 6.07) is 12.8. The lowest BCUT2D eigenvalue weighted by Gasteiger charge is -2.45. The molecule has 19 heteroatoms. The number of amidine groups is 1. The van der Waals surface area contributed by atoms with E-state index >= 15 is 0 Å². The number of hydrogen-bond acceptors (Lipinski definition) is 18. The van der Waals surface area contributed by atoms with Crippen LogP contribution in [0.4, 0.5) is 5.69 Å². The third kappa shape index (κ3) is 7.37. The van der Waals surface area contributed by atoms with Crippen molar-refractivity contribution < 1.29 is 68.8 Å². The molecular formula is C45H43N5O14. The molecule has 0 aromatic heterocycles. The molecule has 0 spiro atoms. The Balaban J connectivity index is 1.34. The fraction of sp³-hybridized carbons (Fsp3) is 0.400. The predicted octanol–water partition coefficient (Wildman–Crippen LogP) is -0.362. The highest BCUT2D eigenvalue weighted by molar-refractivity contribution is 6.72. The minimum atomic E-state index is -2.43. The number of amides is 1. The summed E-state index contributed by atoms with van der Waals surface area (Å²) in [6.07, 6.45) is -9.55. The second kappa shape index (κ2) is 17.1. The maximum atomic E-state index is 14.8. The van der Waals surface area contributed by atoms with Crippen molar-refractivity contribution in [1.29, 1.82) is 0 Å². The van der Waals surface area contributed by atoms with E-state index in [1.54, 1.807) is 29.2 Å². The van der Waals surface area contributed by atoms with Gasteiger partial charge in [-0.2, -0.15) is 9.98 Å². The number of carbonyl (C=O) groups excluding carboxylic acids is 4. The van der Waals surface area contributed by atoms with E-state index in [1.807, 2.05) is 0 Å². The number of carbonyl (C=O) groups is 4. The molecule has 3 bridgehead atoms. The van der Waals surface area contributed by atoms with E-state index in [1.165, 1.54) is 24.3 Å². The lowest BCUT2D eigenvalue weighted by atomic mass is 9.74. The standard InChI is InChI=1S/C45H43N5O14/c46-44-48-41-34(42(59)49-44)47-20-50(41)30-6-2-1-5-26(30)32-22-8-9-23(53)4-3-12-45(60)31(19-61-17-22)63-43(37(57)40(45)58)64-38-29(32)15-28-33(39(38)62-18-24(54)11-13-51)36(56)27-14-21(16-52)7-10-25(27)35(28)55/h1-2,5-7,10,13-15,22-24,31-32,37,40,43,52-54,57-58,60H,4,8-9,11,16-20H2,(H2,46,49,59). The van der Waals surface area contributed by atoms with Crippen LogP contribution in [-0.4, -0.2) is 141 Å². The summed E-state index contributed by atoms with van der Waals surface area (Å²) in [5.74, 6) is 0.815. The molecule has 3 aromatic carbocycles. The smallest absolute Gasteiger partial charge is 0.302 e. The van der Waals surface area contributed by atoms with Gasteiger partial charge < -0.3 is 65.0 Å². The van der Waals surface area contributed by atoms with Gasteiger partial charge in [-0.15, -0.1) is 0 Å². The van der Waals surface area contributed by atoms with Gasteiger partial charge >= 0.3 is 5.91 Å². The number of nitrogens with zero attached hydrogens (tertiary/aromatic N) is 4. The fourth-order valence-corrected chi connectivity index (χ4v) is 9.08. The van der Waals surface area contributed by atoms with Crippen molar-refractivity contribution in [3.05, 3.63) is 87.5 Å². The molecule has 1 fully saturated rings. The molecule has 9 rings (SSSR count). The van der Waals surface area contributed by atoms with Crippen LogP contribution in [0.3, 0.4) is 0 Å². The number of benzene rings is 3. The highest BCUT2D eigenvalue weighted by Gasteiger charge is 2.56. The van der Waals surface area contributed by atoms with E-state index in [0.717, 1.165) is 0 Å². The SMILES string of the molecule is NC1=NC(=O)C2=NCN(c3ccccc3C3c4cc5c(c(OCC(O)CC=O)c4OC4OC6COCC3CCC(O)CC#CC6(O)C(O)C4O)C(=O)c3cc(CO)ccc3C5=O)C2=N1. The molecule has 8 N–H and O–H groups in total. The molecule has 1 aliphatic carbocycles. The molecule has 9 unspecified atom stereocenters. The number of para-hydroxylation sites is 1. The maximum Gasteiger partial charge on any atom is 0.302 e. The van der Waals surface area contributed by atoms with E-state index in [0.29, 0.717) is 23.1 Å². The molecule has 3 aromatic rings. The zero-order valence-electron chi connectivity index (χ0n) is 34.0. The summed E-state index contributed by atoms with van der Waals surface area (Å²) in [4.78, 5) is 68.3. The molecule has 1 amide bonds. The number of nitrogens with two attached hydrogens (primary N) is 1. The number of aliphatic hydroxyl groups excluding tert-OH is 5. The Labute approximate surface area is 364 Å².